The summed E-state index contributed by atoms with van der Waals surface area (Å²) in [5.41, 5.74) is 7.92. The van der Waals surface area contributed by atoms with Gasteiger partial charge in [0.25, 0.3) is 5.91 Å². The summed E-state index contributed by atoms with van der Waals surface area (Å²) in [4.78, 5) is 11.2. The highest BCUT2D eigenvalue weighted by Gasteiger charge is 2.09. The van der Waals surface area contributed by atoms with E-state index in [2.05, 4.69) is 6.07 Å². The van der Waals surface area contributed by atoms with Gasteiger partial charge in [-0.1, -0.05) is 35.9 Å². The number of ether oxygens (including phenoxy) is 2. The maximum atomic E-state index is 11.2. The molecule has 0 aromatic heterocycles. The Balaban J connectivity index is 2.24. The zero-order valence-electron chi connectivity index (χ0n) is 14.3. The van der Waals surface area contributed by atoms with Crippen LogP contribution in [0, 0.1) is 18.3 Å². The van der Waals surface area contributed by atoms with Crippen LogP contribution >= 0.6 is 0 Å². The highest BCUT2D eigenvalue weighted by atomic mass is 16.5. The molecule has 0 saturated heterocycles. The van der Waals surface area contributed by atoms with E-state index < -0.39 is 5.91 Å². The molecule has 25 heavy (non-hydrogen) atoms. The standard InChI is InChI=1S/C20H20N2O3/c1-3-24-19-11-15(10-17(12-21)20(22)23)7-8-18(19)25-13-16-6-4-5-14(2)9-16/h4-11H,3,13H2,1-2H3,(H2,22,23)/b17-10+. The molecule has 5 heteroatoms. The van der Waals surface area contributed by atoms with E-state index in [9.17, 15) is 4.79 Å². The number of nitriles is 1. The van der Waals surface area contributed by atoms with Crippen molar-refractivity contribution in [1.29, 1.82) is 5.26 Å². The lowest BCUT2D eigenvalue weighted by molar-refractivity contribution is -0.114. The number of amides is 1. The van der Waals surface area contributed by atoms with E-state index >= 15 is 0 Å². The van der Waals surface area contributed by atoms with Gasteiger partial charge in [-0.05, 0) is 43.2 Å². The van der Waals surface area contributed by atoms with Crippen molar-refractivity contribution in [3.05, 3.63) is 64.7 Å². The van der Waals surface area contributed by atoms with Gasteiger partial charge < -0.3 is 15.2 Å². The molecule has 2 aromatic rings. The van der Waals surface area contributed by atoms with Crippen molar-refractivity contribution < 1.29 is 14.3 Å². The van der Waals surface area contributed by atoms with E-state index in [1.165, 1.54) is 11.6 Å². The second kappa shape index (κ2) is 8.55. The van der Waals surface area contributed by atoms with Crippen molar-refractivity contribution >= 4 is 12.0 Å². The van der Waals surface area contributed by atoms with Gasteiger partial charge in [0.15, 0.2) is 11.5 Å². The number of primary amides is 1. The summed E-state index contributed by atoms with van der Waals surface area (Å²) in [5, 5.41) is 8.94. The quantitative estimate of drug-likeness (QED) is 0.620. The molecule has 0 fully saturated rings. The molecule has 0 bridgehead atoms. The van der Waals surface area contributed by atoms with Crippen molar-refractivity contribution in [3.8, 4) is 17.6 Å². The first kappa shape index (κ1) is 18.1. The predicted octanol–water partition coefficient (Wildman–Crippen LogP) is 3.37. The van der Waals surface area contributed by atoms with Crippen molar-refractivity contribution in [2.75, 3.05) is 6.61 Å². The predicted molar refractivity (Wildman–Crippen MR) is 95.9 cm³/mol. The summed E-state index contributed by atoms with van der Waals surface area (Å²) in [6, 6.07) is 15.1. The van der Waals surface area contributed by atoms with Gasteiger partial charge in [-0.2, -0.15) is 5.26 Å². The first-order valence-electron chi connectivity index (χ1n) is 7.90. The summed E-state index contributed by atoms with van der Waals surface area (Å²) < 4.78 is 11.5. The van der Waals surface area contributed by atoms with Crippen LogP contribution in [-0.2, 0) is 11.4 Å². The molecule has 0 aliphatic heterocycles. The van der Waals surface area contributed by atoms with E-state index in [4.69, 9.17) is 20.5 Å². The molecule has 0 spiro atoms. The third-order valence-electron chi connectivity index (χ3n) is 3.44. The van der Waals surface area contributed by atoms with Gasteiger partial charge in [0.05, 0.1) is 6.61 Å². The van der Waals surface area contributed by atoms with Gasteiger partial charge in [-0.15, -0.1) is 0 Å². The zero-order chi connectivity index (χ0) is 18.2. The fourth-order valence-corrected chi connectivity index (χ4v) is 2.29. The summed E-state index contributed by atoms with van der Waals surface area (Å²) in [7, 11) is 0. The van der Waals surface area contributed by atoms with Crippen molar-refractivity contribution in [2.45, 2.75) is 20.5 Å². The zero-order valence-corrected chi connectivity index (χ0v) is 14.3. The number of carbonyl (C=O) groups excluding carboxylic acids is 1. The second-order valence-electron chi connectivity index (χ2n) is 5.45. The molecule has 0 aliphatic carbocycles. The van der Waals surface area contributed by atoms with Crippen LogP contribution < -0.4 is 15.2 Å². The van der Waals surface area contributed by atoms with Gasteiger partial charge in [0, 0.05) is 0 Å². The van der Waals surface area contributed by atoms with Crippen molar-refractivity contribution in [2.24, 2.45) is 5.73 Å². The Kier molecular flexibility index (Phi) is 6.19. The lowest BCUT2D eigenvalue weighted by Crippen LogP contribution is -2.12. The number of hydrogen-bond acceptors (Lipinski definition) is 4. The Morgan fingerprint density at radius 1 is 1.20 bits per heavy atom. The molecule has 5 nitrogen and oxygen atoms in total. The van der Waals surface area contributed by atoms with Crippen LogP contribution in [0.1, 0.15) is 23.6 Å². The Morgan fingerprint density at radius 2 is 2.00 bits per heavy atom. The third kappa shape index (κ3) is 5.11. The lowest BCUT2D eigenvalue weighted by Gasteiger charge is -2.13. The first-order chi connectivity index (χ1) is 12.0. The SMILES string of the molecule is CCOc1cc(/C=C(\C#N)C(N)=O)ccc1OCc1cccc(C)c1. The number of carbonyl (C=O) groups is 1. The molecule has 0 atom stereocenters. The van der Waals surface area contributed by atoms with Gasteiger partial charge in [0.1, 0.15) is 18.2 Å². The van der Waals surface area contributed by atoms with E-state index in [1.54, 1.807) is 24.3 Å². The highest BCUT2D eigenvalue weighted by Crippen LogP contribution is 2.30. The first-order valence-corrected chi connectivity index (χ1v) is 7.90. The molecule has 0 aliphatic rings. The topological polar surface area (TPSA) is 85.3 Å². The fraction of sp³-hybridized carbons (Fsp3) is 0.200. The average Bonchev–Trinajstić information content (AvgIpc) is 2.59. The minimum absolute atomic E-state index is 0.115. The summed E-state index contributed by atoms with van der Waals surface area (Å²) in [5.74, 6) is 0.379. The van der Waals surface area contributed by atoms with Crippen LogP contribution in [0.3, 0.4) is 0 Å². The van der Waals surface area contributed by atoms with E-state index in [0.717, 1.165) is 5.56 Å². The average molecular weight is 336 g/mol. The van der Waals surface area contributed by atoms with E-state index in [0.29, 0.717) is 30.3 Å². The van der Waals surface area contributed by atoms with Crippen LogP contribution in [0.5, 0.6) is 11.5 Å². The van der Waals surface area contributed by atoms with E-state index in [-0.39, 0.29) is 5.57 Å². The summed E-state index contributed by atoms with van der Waals surface area (Å²) >= 11 is 0. The lowest BCUT2D eigenvalue weighted by atomic mass is 10.1. The van der Waals surface area contributed by atoms with E-state index in [1.807, 2.05) is 32.0 Å². The Labute approximate surface area is 147 Å². The number of aryl methyl sites for hydroxylation is 1. The Bertz CT molecular complexity index is 835. The van der Waals surface area contributed by atoms with Crippen LogP contribution in [0.4, 0.5) is 0 Å². The highest BCUT2D eigenvalue weighted by molar-refractivity contribution is 6.00. The normalized spacial score (nSPS) is 10.8. The molecule has 0 unspecified atom stereocenters. The van der Waals surface area contributed by atoms with Crippen LogP contribution in [0.25, 0.3) is 6.08 Å². The maximum Gasteiger partial charge on any atom is 0.259 e. The summed E-state index contributed by atoms with van der Waals surface area (Å²) in [6.07, 6.45) is 1.43. The summed E-state index contributed by atoms with van der Waals surface area (Å²) in [6.45, 7) is 4.79. The Hall–Kier alpha value is -3.26. The smallest absolute Gasteiger partial charge is 0.259 e. The van der Waals surface area contributed by atoms with Gasteiger partial charge in [-0.3, -0.25) is 4.79 Å². The molecule has 2 rings (SSSR count). The molecule has 2 N–H and O–H groups in total. The second-order valence-corrected chi connectivity index (χ2v) is 5.45. The molecule has 2 aromatic carbocycles. The molecular weight excluding hydrogens is 316 g/mol. The molecule has 1 amide bonds. The van der Waals surface area contributed by atoms with Crippen molar-refractivity contribution in [1.82, 2.24) is 0 Å². The number of nitrogens with zero attached hydrogens (tertiary/aromatic N) is 1. The number of rotatable bonds is 7. The van der Waals surface area contributed by atoms with Crippen LogP contribution in [0.2, 0.25) is 0 Å². The fourth-order valence-electron chi connectivity index (χ4n) is 2.29. The maximum absolute atomic E-state index is 11.2. The molecule has 0 saturated carbocycles. The third-order valence-corrected chi connectivity index (χ3v) is 3.44. The minimum atomic E-state index is -0.764. The minimum Gasteiger partial charge on any atom is -0.490 e. The Morgan fingerprint density at radius 3 is 2.64 bits per heavy atom. The van der Waals surface area contributed by atoms with Gasteiger partial charge >= 0.3 is 0 Å². The number of benzene rings is 2. The van der Waals surface area contributed by atoms with Crippen LogP contribution in [-0.4, -0.2) is 12.5 Å². The molecule has 128 valence electrons. The number of hydrogen-bond donors (Lipinski definition) is 1. The molecular formula is C20H20N2O3. The largest absolute Gasteiger partial charge is 0.490 e. The van der Waals surface area contributed by atoms with Crippen LogP contribution in [0.15, 0.2) is 48.0 Å². The van der Waals surface area contributed by atoms with Crippen molar-refractivity contribution in [3.63, 3.8) is 0 Å². The van der Waals surface area contributed by atoms with Gasteiger partial charge in [-0.25, -0.2) is 0 Å². The molecule has 0 heterocycles. The monoisotopic (exact) mass is 336 g/mol. The molecule has 0 radical (unpaired) electrons. The number of nitrogens with two attached hydrogens (primary N) is 1. The van der Waals surface area contributed by atoms with Gasteiger partial charge in [0.2, 0.25) is 0 Å².